The fourth-order valence-corrected chi connectivity index (χ4v) is 2.23. The second-order valence-corrected chi connectivity index (χ2v) is 5.02. The van der Waals surface area contributed by atoms with Crippen molar-refractivity contribution in [1.82, 2.24) is 10.6 Å². The van der Waals surface area contributed by atoms with E-state index in [0.717, 1.165) is 0 Å². The first kappa shape index (κ1) is 15.9. The molecule has 0 unspecified atom stereocenters. The van der Waals surface area contributed by atoms with Gasteiger partial charge >= 0.3 is 6.03 Å². The van der Waals surface area contributed by atoms with Crippen molar-refractivity contribution in [3.05, 3.63) is 27.9 Å². The minimum Gasteiger partial charge on any atom is -0.490 e. The molecule has 1 heterocycles. The highest BCUT2D eigenvalue weighted by atomic mass is 79.9. The molecule has 3 amide bonds. The number of halogens is 1. The zero-order chi connectivity index (χ0) is 16.1. The molecule has 0 bridgehead atoms. The van der Waals surface area contributed by atoms with Crippen molar-refractivity contribution < 1.29 is 19.1 Å². The number of urea groups is 1. The van der Waals surface area contributed by atoms with Crippen LogP contribution in [0.1, 0.15) is 12.5 Å². The maximum absolute atomic E-state index is 11.5. The molecule has 0 aromatic heterocycles. The van der Waals surface area contributed by atoms with Gasteiger partial charge in [0.1, 0.15) is 11.8 Å². The van der Waals surface area contributed by atoms with Gasteiger partial charge in [-0.3, -0.25) is 10.1 Å². The van der Waals surface area contributed by atoms with E-state index < -0.39 is 11.9 Å². The van der Waals surface area contributed by atoms with Gasteiger partial charge in [-0.25, -0.2) is 4.79 Å². The summed E-state index contributed by atoms with van der Waals surface area (Å²) in [5, 5.41) is 13.1. The Kier molecular flexibility index (Phi) is 5.01. The average Bonchev–Trinajstić information content (AvgIpc) is 2.79. The number of imide groups is 1. The molecule has 1 saturated heterocycles. The summed E-state index contributed by atoms with van der Waals surface area (Å²) in [5.74, 6) is 0.356. The Balaban J connectivity index is 2.38. The zero-order valence-corrected chi connectivity index (χ0v) is 13.2. The highest BCUT2D eigenvalue weighted by molar-refractivity contribution is 9.10. The lowest BCUT2D eigenvalue weighted by atomic mass is 10.1. The molecule has 0 spiro atoms. The number of nitrogens with one attached hydrogen (secondary N) is 2. The molecule has 0 saturated carbocycles. The van der Waals surface area contributed by atoms with Crippen LogP contribution in [0, 0.1) is 11.3 Å². The van der Waals surface area contributed by atoms with E-state index in [1.54, 1.807) is 12.1 Å². The standard InChI is InChI=1S/C14H12BrN3O4/c1-2-21-11-6-8(5-10-13(19)18-14(20)17-10)9(15)7-12(11)22-4-3-16/h5-7H,2,4H2,1H3,(H2,17,18,19,20)/b10-5-. The molecule has 114 valence electrons. The van der Waals surface area contributed by atoms with Gasteiger partial charge in [0.2, 0.25) is 0 Å². The van der Waals surface area contributed by atoms with E-state index in [1.807, 2.05) is 13.0 Å². The van der Waals surface area contributed by atoms with E-state index in [2.05, 4.69) is 26.6 Å². The first-order chi connectivity index (χ1) is 10.5. The van der Waals surface area contributed by atoms with Crippen LogP contribution < -0.4 is 20.1 Å². The number of nitriles is 1. The molecular weight excluding hydrogens is 354 g/mol. The third-order valence-electron chi connectivity index (χ3n) is 2.67. The molecule has 2 rings (SSSR count). The summed E-state index contributed by atoms with van der Waals surface area (Å²) in [7, 11) is 0. The highest BCUT2D eigenvalue weighted by Gasteiger charge is 2.23. The quantitative estimate of drug-likeness (QED) is 0.613. The van der Waals surface area contributed by atoms with Gasteiger partial charge in [-0.05, 0) is 30.7 Å². The number of rotatable bonds is 5. The fourth-order valence-electron chi connectivity index (χ4n) is 1.79. The van der Waals surface area contributed by atoms with Gasteiger partial charge in [0.15, 0.2) is 18.1 Å². The third kappa shape index (κ3) is 3.56. The van der Waals surface area contributed by atoms with Crippen molar-refractivity contribution >= 4 is 33.9 Å². The van der Waals surface area contributed by atoms with Crippen LogP contribution in [0.4, 0.5) is 4.79 Å². The molecule has 1 aliphatic rings. The summed E-state index contributed by atoms with van der Waals surface area (Å²) in [6, 6.07) is 4.62. The number of hydrogen-bond acceptors (Lipinski definition) is 5. The van der Waals surface area contributed by atoms with Crippen LogP contribution >= 0.6 is 15.9 Å². The van der Waals surface area contributed by atoms with E-state index in [-0.39, 0.29) is 12.3 Å². The number of benzene rings is 1. The van der Waals surface area contributed by atoms with E-state index in [9.17, 15) is 9.59 Å². The fraction of sp³-hybridized carbons (Fsp3) is 0.214. The number of carbonyl (C=O) groups excluding carboxylic acids is 2. The van der Waals surface area contributed by atoms with Gasteiger partial charge in [0.05, 0.1) is 6.61 Å². The number of nitrogens with zero attached hydrogens (tertiary/aromatic N) is 1. The van der Waals surface area contributed by atoms with Crippen LogP contribution in [0.2, 0.25) is 0 Å². The lowest BCUT2D eigenvalue weighted by molar-refractivity contribution is -0.115. The maximum atomic E-state index is 11.5. The molecular formula is C14H12BrN3O4. The van der Waals surface area contributed by atoms with Crippen LogP contribution in [0.15, 0.2) is 22.3 Å². The predicted molar refractivity (Wildman–Crippen MR) is 81.1 cm³/mol. The van der Waals surface area contributed by atoms with Crippen LogP contribution in [0.25, 0.3) is 6.08 Å². The largest absolute Gasteiger partial charge is 0.490 e. The monoisotopic (exact) mass is 365 g/mol. The molecule has 22 heavy (non-hydrogen) atoms. The van der Waals surface area contributed by atoms with Crippen molar-refractivity contribution in [2.75, 3.05) is 13.2 Å². The van der Waals surface area contributed by atoms with Crippen LogP contribution in [0.5, 0.6) is 11.5 Å². The van der Waals surface area contributed by atoms with Crippen LogP contribution in [-0.4, -0.2) is 25.2 Å². The number of carbonyl (C=O) groups is 2. The third-order valence-corrected chi connectivity index (χ3v) is 3.36. The van der Waals surface area contributed by atoms with Gasteiger partial charge in [0, 0.05) is 4.47 Å². The van der Waals surface area contributed by atoms with Crippen molar-refractivity contribution in [1.29, 1.82) is 5.26 Å². The molecule has 2 N–H and O–H groups in total. The molecule has 0 atom stereocenters. The molecule has 1 aliphatic heterocycles. The lowest BCUT2D eigenvalue weighted by Gasteiger charge is -2.12. The maximum Gasteiger partial charge on any atom is 0.326 e. The van der Waals surface area contributed by atoms with Crippen molar-refractivity contribution in [2.24, 2.45) is 0 Å². The summed E-state index contributed by atoms with van der Waals surface area (Å²) < 4.78 is 11.4. The van der Waals surface area contributed by atoms with Crippen molar-refractivity contribution in [3.63, 3.8) is 0 Å². The Morgan fingerprint density at radius 2 is 2.00 bits per heavy atom. The van der Waals surface area contributed by atoms with Crippen LogP contribution in [-0.2, 0) is 4.79 Å². The predicted octanol–water partition coefficient (Wildman–Crippen LogP) is 1.93. The minimum absolute atomic E-state index is 0.106. The topological polar surface area (TPSA) is 100 Å². The van der Waals surface area contributed by atoms with E-state index in [4.69, 9.17) is 14.7 Å². The zero-order valence-electron chi connectivity index (χ0n) is 11.6. The van der Waals surface area contributed by atoms with Gasteiger partial charge in [-0.15, -0.1) is 0 Å². The number of hydrogen-bond donors (Lipinski definition) is 2. The van der Waals surface area contributed by atoms with E-state index in [0.29, 0.717) is 28.1 Å². The first-order valence-electron chi connectivity index (χ1n) is 6.35. The van der Waals surface area contributed by atoms with E-state index in [1.165, 1.54) is 6.08 Å². The minimum atomic E-state index is -0.564. The van der Waals surface area contributed by atoms with Crippen LogP contribution in [0.3, 0.4) is 0 Å². The Morgan fingerprint density at radius 3 is 2.59 bits per heavy atom. The molecule has 1 aromatic rings. The Labute approximate surface area is 135 Å². The second kappa shape index (κ2) is 6.95. The summed E-state index contributed by atoms with van der Waals surface area (Å²) in [4.78, 5) is 22.7. The van der Waals surface area contributed by atoms with Gasteiger partial charge in [-0.2, -0.15) is 5.26 Å². The Hall–Kier alpha value is -2.53. The summed E-state index contributed by atoms with van der Waals surface area (Å²) in [6.07, 6.45) is 1.51. The number of amides is 3. The van der Waals surface area contributed by atoms with Gasteiger partial charge in [-0.1, -0.05) is 15.9 Å². The smallest absolute Gasteiger partial charge is 0.326 e. The van der Waals surface area contributed by atoms with Gasteiger partial charge in [0.25, 0.3) is 5.91 Å². The Morgan fingerprint density at radius 1 is 1.27 bits per heavy atom. The van der Waals surface area contributed by atoms with Crippen molar-refractivity contribution in [2.45, 2.75) is 6.92 Å². The number of ether oxygens (including phenoxy) is 2. The molecule has 1 fully saturated rings. The lowest BCUT2D eigenvalue weighted by Crippen LogP contribution is -2.22. The summed E-state index contributed by atoms with van der Waals surface area (Å²) in [6.45, 7) is 2.13. The molecule has 8 heteroatoms. The molecule has 1 aromatic carbocycles. The van der Waals surface area contributed by atoms with Crippen molar-refractivity contribution in [3.8, 4) is 17.6 Å². The average molecular weight is 366 g/mol. The molecule has 0 radical (unpaired) electrons. The molecule has 0 aliphatic carbocycles. The SMILES string of the molecule is CCOc1cc(/C=C2\NC(=O)NC2=O)c(Br)cc1OCC#N. The van der Waals surface area contributed by atoms with E-state index >= 15 is 0 Å². The second-order valence-electron chi connectivity index (χ2n) is 4.17. The molecule has 7 nitrogen and oxygen atoms in total. The Bertz CT molecular complexity index is 694. The first-order valence-corrected chi connectivity index (χ1v) is 7.14. The normalized spacial score (nSPS) is 15.2. The summed E-state index contributed by atoms with van der Waals surface area (Å²) in [5.41, 5.74) is 0.763. The van der Waals surface area contributed by atoms with Gasteiger partial charge < -0.3 is 14.8 Å². The highest BCUT2D eigenvalue weighted by Crippen LogP contribution is 2.35. The summed E-state index contributed by atoms with van der Waals surface area (Å²) >= 11 is 3.36.